The molecule has 170 valence electrons. The number of furan rings is 1. The minimum Gasteiger partial charge on any atom is -0.458 e. The summed E-state index contributed by atoms with van der Waals surface area (Å²) in [4.78, 5) is 43.6. The van der Waals surface area contributed by atoms with Gasteiger partial charge in [-0.15, -0.1) is 0 Å². The molecule has 0 aliphatic carbocycles. The maximum absolute atomic E-state index is 13.2. The number of benzene rings is 2. The molecule has 1 unspecified atom stereocenters. The van der Waals surface area contributed by atoms with Crippen LogP contribution in [0.5, 0.6) is 0 Å². The van der Waals surface area contributed by atoms with Crippen molar-refractivity contribution in [1.29, 1.82) is 0 Å². The normalized spacial score (nSPS) is 21.1. The molecule has 1 N–H and O–H groups in total. The lowest BCUT2D eigenvalue weighted by molar-refractivity contribution is -0.139. The third-order valence-electron chi connectivity index (χ3n) is 6.29. The summed E-state index contributed by atoms with van der Waals surface area (Å²) >= 11 is 6.08. The standard InChI is InChI=1S/C24H23ClN4O4/c1-24(20-13-16-5-2-3-8-19(16)33-20)22(31)29(23(32)26-24)15-21(30)28-11-9-27(10-12-28)18-7-4-6-17(25)14-18/h2-8,13-14H,9-12,15H2,1H3,(H,26,32). The van der Waals surface area contributed by atoms with Crippen LogP contribution in [-0.4, -0.2) is 60.4 Å². The summed E-state index contributed by atoms with van der Waals surface area (Å²) in [5.74, 6) is -0.428. The van der Waals surface area contributed by atoms with E-state index in [-0.39, 0.29) is 12.5 Å². The van der Waals surface area contributed by atoms with Crippen molar-refractivity contribution in [1.82, 2.24) is 15.1 Å². The third kappa shape index (κ3) is 3.80. The molecule has 0 saturated carbocycles. The van der Waals surface area contributed by atoms with Gasteiger partial charge in [-0.3, -0.25) is 14.5 Å². The van der Waals surface area contributed by atoms with Crippen molar-refractivity contribution in [3.63, 3.8) is 0 Å². The number of carbonyl (C=O) groups is 3. The first-order valence-electron chi connectivity index (χ1n) is 10.8. The second-order valence-electron chi connectivity index (χ2n) is 8.44. The predicted octanol–water partition coefficient (Wildman–Crippen LogP) is 3.20. The molecule has 2 aromatic carbocycles. The van der Waals surface area contributed by atoms with Crippen LogP contribution < -0.4 is 10.2 Å². The number of carbonyl (C=O) groups excluding carboxylic acids is 3. The van der Waals surface area contributed by atoms with Crippen LogP contribution in [0.2, 0.25) is 5.02 Å². The zero-order valence-corrected chi connectivity index (χ0v) is 18.8. The fourth-order valence-electron chi connectivity index (χ4n) is 4.36. The average Bonchev–Trinajstić information content (AvgIpc) is 3.35. The van der Waals surface area contributed by atoms with Gasteiger partial charge in [0, 0.05) is 42.3 Å². The number of hydrogen-bond donors (Lipinski definition) is 1. The maximum Gasteiger partial charge on any atom is 0.325 e. The minimum absolute atomic E-state index is 0.266. The molecule has 5 rings (SSSR count). The number of rotatable bonds is 4. The van der Waals surface area contributed by atoms with Crippen molar-refractivity contribution in [3.8, 4) is 0 Å². The van der Waals surface area contributed by atoms with E-state index in [4.69, 9.17) is 16.0 Å². The highest BCUT2D eigenvalue weighted by Gasteiger charge is 2.52. The van der Waals surface area contributed by atoms with Crippen LogP contribution in [0, 0.1) is 0 Å². The van der Waals surface area contributed by atoms with Gasteiger partial charge in [0.15, 0.2) is 5.54 Å². The molecule has 2 saturated heterocycles. The molecule has 2 aliphatic rings. The Balaban J connectivity index is 1.25. The van der Waals surface area contributed by atoms with Gasteiger partial charge in [-0.1, -0.05) is 35.9 Å². The predicted molar refractivity (Wildman–Crippen MR) is 124 cm³/mol. The van der Waals surface area contributed by atoms with Crippen LogP contribution in [0.3, 0.4) is 0 Å². The Labute approximate surface area is 195 Å². The van der Waals surface area contributed by atoms with Crippen LogP contribution in [0.25, 0.3) is 11.0 Å². The maximum atomic E-state index is 13.2. The molecule has 0 radical (unpaired) electrons. The fourth-order valence-corrected chi connectivity index (χ4v) is 4.54. The average molecular weight is 467 g/mol. The number of nitrogens with one attached hydrogen (secondary N) is 1. The number of halogens is 1. The zero-order chi connectivity index (χ0) is 23.2. The van der Waals surface area contributed by atoms with E-state index >= 15 is 0 Å². The lowest BCUT2D eigenvalue weighted by Crippen LogP contribution is -2.52. The summed E-state index contributed by atoms with van der Waals surface area (Å²) in [7, 11) is 0. The van der Waals surface area contributed by atoms with E-state index in [2.05, 4.69) is 10.2 Å². The van der Waals surface area contributed by atoms with Crippen LogP contribution >= 0.6 is 11.6 Å². The minimum atomic E-state index is -1.36. The van der Waals surface area contributed by atoms with Crippen LogP contribution in [0.15, 0.2) is 59.0 Å². The molecule has 2 fully saturated rings. The smallest absolute Gasteiger partial charge is 0.325 e. The SMILES string of the molecule is CC1(c2cc3ccccc3o2)NC(=O)N(CC(=O)N2CCN(c3cccc(Cl)c3)CC2)C1=O. The molecule has 8 nitrogen and oxygen atoms in total. The van der Waals surface area contributed by atoms with Crippen LogP contribution in [0.4, 0.5) is 10.5 Å². The summed E-state index contributed by atoms with van der Waals surface area (Å²) in [5, 5.41) is 4.20. The molecular formula is C24H23ClN4O4. The Morgan fingerprint density at radius 3 is 2.55 bits per heavy atom. The number of para-hydroxylation sites is 1. The highest BCUT2D eigenvalue weighted by molar-refractivity contribution is 6.30. The Morgan fingerprint density at radius 2 is 1.82 bits per heavy atom. The summed E-state index contributed by atoms with van der Waals surface area (Å²) in [6, 6.07) is 16.1. The zero-order valence-electron chi connectivity index (χ0n) is 18.1. The van der Waals surface area contributed by atoms with Gasteiger partial charge in [0.05, 0.1) is 0 Å². The van der Waals surface area contributed by atoms with Crippen molar-refractivity contribution in [2.24, 2.45) is 0 Å². The summed E-state index contributed by atoms with van der Waals surface area (Å²) in [6.45, 7) is 3.56. The quantitative estimate of drug-likeness (QED) is 0.597. The number of hydrogen-bond acceptors (Lipinski definition) is 5. The van der Waals surface area contributed by atoms with Crippen LogP contribution in [0.1, 0.15) is 12.7 Å². The number of nitrogens with zero attached hydrogens (tertiary/aromatic N) is 3. The molecule has 3 aromatic rings. The highest BCUT2D eigenvalue weighted by atomic mass is 35.5. The van der Waals surface area contributed by atoms with Crippen molar-refractivity contribution < 1.29 is 18.8 Å². The van der Waals surface area contributed by atoms with Gasteiger partial charge in [-0.25, -0.2) is 4.79 Å². The van der Waals surface area contributed by atoms with E-state index in [0.717, 1.165) is 16.0 Å². The molecule has 0 spiro atoms. The van der Waals surface area contributed by atoms with E-state index in [9.17, 15) is 14.4 Å². The lowest BCUT2D eigenvalue weighted by Gasteiger charge is -2.36. The van der Waals surface area contributed by atoms with Crippen molar-refractivity contribution in [2.45, 2.75) is 12.5 Å². The van der Waals surface area contributed by atoms with Gasteiger partial charge in [0.1, 0.15) is 17.9 Å². The van der Waals surface area contributed by atoms with Crippen molar-refractivity contribution >= 4 is 46.1 Å². The van der Waals surface area contributed by atoms with Gasteiger partial charge in [0.25, 0.3) is 5.91 Å². The summed E-state index contributed by atoms with van der Waals surface area (Å²) in [6.07, 6.45) is 0. The summed E-state index contributed by atoms with van der Waals surface area (Å²) < 4.78 is 5.83. The Kier molecular flexibility index (Phi) is 5.25. The number of urea groups is 1. The van der Waals surface area contributed by atoms with Gasteiger partial charge in [-0.2, -0.15) is 0 Å². The molecule has 1 aromatic heterocycles. The third-order valence-corrected chi connectivity index (χ3v) is 6.53. The number of imide groups is 1. The molecule has 1 atom stereocenters. The lowest BCUT2D eigenvalue weighted by atomic mass is 9.99. The molecule has 3 heterocycles. The van der Waals surface area contributed by atoms with Crippen molar-refractivity contribution in [2.75, 3.05) is 37.6 Å². The summed E-state index contributed by atoms with van der Waals surface area (Å²) in [5.41, 5.74) is 0.273. The van der Waals surface area contributed by atoms with Gasteiger partial charge in [0.2, 0.25) is 5.91 Å². The number of amides is 4. The molecule has 4 amide bonds. The van der Waals surface area contributed by atoms with E-state index in [1.54, 1.807) is 24.0 Å². The highest BCUT2D eigenvalue weighted by Crippen LogP contribution is 2.33. The molecule has 9 heteroatoms. The van der Waals surface area contributed by atoms with E-state index in [1.165, 1.54) is 0 Å². The largest absolute Gasteiger partial charge is 0.458 e. The van der Waals surface area contributed by atoms with Gasteiger partial charge >= 0.3 is 6.03 Å². The second kappa shape index (κ2) is 8.12. The number of anilines is 1. The molecule has 0 bridgehead atoms. The number of fused-ring (bicyclic) bond motifs is 1. The topological polar surface area (TPSA) is 86.1 Å². The van der Waals surface area contributed by atoms with Crippen molar-refractivity contribution in [3.05, 3.63) is 65.4 Å². The molecular weight excluding hydrogens is 444 g/mol. The molecule has 33 heavy (non-hydrogen) atoms. The fraction of sp³-hybridized carbons (Fsp3) is 0.292. The van der Waals surface area contributed by atoms with E-state index < -0.39 is 17.5 Å². The van der Waals surface area contributed by atoms with Crippen LogP contribution in [-0.2, 0) is 15.1 Å². The van der Waals surface area contributed by atoms with E-state index in [0.29, 0.717) is 42.5 Å². The monoisotopic (exact) mass is 466 g/mol. The first-order valence-corrected chi connectivity index (χ1v) is 11.1. The second-order valence-corrected chi connectivity index (χ2v) is 8.88. The first kappa shape index (κ1) is 21.3. The Hall–Kier alpha value is -3.52. The Bertz CT molecular complexity index is 1220. The van der Waals surface area contributed by atoms with E-state index in [1.807, 2.05) is 42.5 Å². The van der Waals surface area contributed by atoms with Gasteiger partial charge < -0.3 is 19.5 Å². The molecule has 2 aliphatic heterocycles. The first-order chi connectivity index (χ1) is 15.8. The Morgan fingerprint density at radius 1 is 1.06 bits per heavy atom. The number of piperazine rings is 1. The van der Waals surface area contributed by atoms with Gasteiger partial charge in [-0.05, 0) is 37.3 Å².